The van der Waals surface area contributed by atoms with Crippen LogP contribution in [0.3, 0.4) is 0 Å². The summed E-state index contributed by atoms with van der Waals surface area (Å²) in [5, 5.41) is 2.95. The van der Waals surface area contributed by atoms with Gasteiger partial charge in [0.2, 0.25) is 10.0 Å². The second kappa shape index (κ2) is 6.32. The van der Waals surface area contributed by atoms with E-state index in [9.17, 15) is 13.2 Å². The molecule has 0 radical (unpaired) electrons. The third-order valence-corrected chi connectivity index (χ3v) is 4.61. The molecular weight excluding hydrogens is 326 g/mol. The van der Waals surface area contributed by atoms with Gasteiger partial charge in [-0.2, -0.15) is 0 Å². The highest BCUT2D eigenvalue weighted by molar-refractivity contribution is 7.92. The molecule has 0 spiro atoms. The number of anilines is 1. The van der Waals surface area contributed by atoms with Crippen LogP contribution in [0.25, 0.3) is 0 Å². The van der Waals surface area contributed by atoms with Crippen molar-refractivity contribution in [2.45, 2.75) is 31.8 Å². The average molecular weight is 347 g/mol. The number of hydrogen-bond donors (Lipinski definition) is 2. The summed E-state index contributed by atoms with van der Waals surface area (Å²) in [5.74, 6) is -0.159. The van der Waals surface area contributed by atoms with Crippen LogP contribution in [0.1, 0.15) is 47.9 Å². The lowest BCUT2D eigenvalue weighted by Gasteiger charge is -2.19. The van der Waals surface area contributed by atoms with E-state index in [2.05, 4.69) is 10.0 Å². The molecule has 0 bridgehead atoms. The van der Waals surface area contributed by atoms with Gasteiger partial charge < -0.3 is 9.88 Å². The maximum atomic E-state index is 12.6. The molecule has 7 heteroatoms. The second-order valence-corrected chi connectivity index (χ2v) is 7.94. The smallest absolute Gasteiger partial charge is 0.268 e. The molecule has 1 fully saturated rings. The molecule has 1 heterocycles. The van der Waals surface area contributed by atoms with E-state index in [0.29, 0.717) is 17.4 Å². The van der Waals surface area contributed by atoms with Gasteiger partial charge >= 0.3 is 0 Å². The van der Waals surface area contributed by atoms with Crippen LogP contribution in [-0.2, 0) is 10.0 Å². The maximum Gasteiger partial charge on any atom is 0.268 e. The van der Waals surface area contributed by atoms with Gasteiger partial charge in [-0.3, -0.25) is 9.52 Å². The first kappa shape index (κ1) is 16.6. The van der Waals surface area contributed by atoms with Gasteiger partial charge in [0, 0.05) is 12.2 Å². The van der Waals surface area contributed by atoms with E-state index in [1.54, 1.807) is 24.3 Å². The summed E-state index contributed by atoms with van der Waals surface area (Å²) in [6.07, 6.45) is 5.24. The highest BCUT2D eigenvalue weighted by atomic mass is 32.2. The number of rotatable bonds is 6. The summed E-state index contributed by atoms with van der Waals surface area (Å²) in [5.41, 5.74) is 1.84. The molecule has 1 aliphatic carbocycles. The summed E-state index contributed by atoms with van der Waals surface area (Å²) >= 11 is 0. The number of amides is 1. The highest BCUT2D eigenvalue weighted by Crippen LogP contribution is 2.36. The van der Waals surface area contributed by atoms with Crippen molar-refractivity contribution in [2.75, 3.05) is 11.0 Å². The van der Waals surface area contributed by atoms with Crippen LogP contribution in [0, 0.1) is 0 Å². The summed E-state index contributed by atoms with van der Waals surface area (Å²) < 4.78 is 27.5. The van der Waals surface area contributed by atoms with Crippen molar-refractivity contribution >= 4 is 21.6 Å². The van der Waals surface area contributed by atoms with Crippen molar-refractivity contribution < 1.29 is 13.2 Å². The number of carbonyl (C=O) groups is 1. The predicted molar refractivity (Wildman–Crippen MR) is 93.5 cm³/mol. The van der Waals surface area contributed by atoms with E-state index in [1.165, 1.54) is 0 Å². The van der Waals surface area contributed by atoms with Crippen molar-refractivity contribution in [1.82, 2.24) is 9.88 Å². The van der Waals surface area contributed by atoms with E-state index in [1.807, 2.05) is 29.8 Å². The predicted octanol–water partition coefficient (Wildman–Crippen LogP) is 2.69. The number of carbonyl (C=O) groups excluding carboxylic acids is 1. The van der Waals surface area contributed by atoms with Gasteiger partial charge in [-0.15, -0.1) is 0 Å². The Morgan fingerprint density at radius 1 is 1.21 bits per heavy atom. The van der Waals surface area contributed by atoms with Gasteiger partial charge in [-0.1, -0.05) is 18.2 Å². The van der Waals surface area contributed by atoms with Crippen molar-refractivity contribution in [3.63, 3.8) is 0 Å². The summed E-state index contributed by atoms with van der Waals surface area (Å²) in [4.78, 5) is 12.6. The molecular formula is C17H21N3O3S. The molecule has 1 atom stereocenters. The van der Waals surface area contributed by atoms with Crippen LogP contribution in [0.15, 0.2) is 42.6 Å². The van der Waals surface area contributed by atoms with Gasteiger partial charge in [-0.25, -0.2) is 8.42 Å². The van der Waals surface area contributed by atoms with Crippen molar-refractivity contribution in [2.24, 2.45) is 0 Å². The second-order valence-electron chi connectivity index (χ2n) is 6.19. The lowest BCUT2D eigenvalue weighted by Crippen LogP contribution is -2.29. The van der Waals surface area contributed by atoms with Gasteiger partial charge in [0.1, 0.15) is 5.69 Å². The zero-order valence-electron chi connectivity index (χ0n) is 13.7. The van der Waals surface area contributed by atoms with Crippen molar-refractivity contribution in [1.29, 1.82) is 0 Å². The normalized spacial score (nSPS) is 15.8. The Morgan fingerprint density at radius 2 is 1.92 bits per heavy atom. The number of hydrogen-bond acceptors (Lipinski definition) is 3. The van der Waals surface area contributed by atoms with Gasteiger partial charge in [0.05, 0.1) is 18.0 Å². The molecule has 6 nitrogen and oxygen atoms in total. The molecule has 0 saturated heterocycles. The van der Waals surface area contributed by atoms with Crippen molar-refractivity contribution in [3.8, 4) is 0 Å². The lowest BCUT2D eigenvalue weighted by atomic mass is 10.1. The molecule has 2 N–H and O–H groups in total. The minimum absolute atomic E-state index is 0.159. The molecule has 1 aromatic heterocycles. The zero-order valence-corrected chi connectivity index (χ0v) is 14.5. The Hall–Kier alpha value is -2.28. The number of nitrogens with one attached hydrogen (secondary N) is 2. The Kier molecular flexibility index (Phi) is 4.36. The SMILES string of the molecule is CC(NC(=O)c1cccn1C1CC1)c1ccccc1NS(C)(=O)=O. The molecule has 128 valence electrons. The molecule has 3 rings (SSSR count). The first-order valence-electron chi connectivity index (χ1n) is 7.89. The van der Waals surface area contributed by atoms with E-state index < -0.39 is 10.0 Å². The van der Waals surface area contributed by atoms with Crippen LogP contribution in [0.2, 0.25) is 0 Å². The minimum atomic E-state index is -3.38. The molecule has 0 aliphatic heterocycles. The Labute approximate surface area is 141 Å². The lowest BCUT2D eigenvalue weighted by molar-refractivity contribution is 0.0930. The van der Waals surface area contributed by atoms with E-state index in [-0.39, 0.29) is 11.9 Å². The molecule has 1 saturated carbocycles. The third kappa shape index (κ3) is 3.79. The molecule has 1 amide bonds. The monoisotopic (exact) mass is 347 g/mol. The van der Waals surface area contributed by atoms with Gasteiger partial charge in [0.25, 0.3) is 5.91 Å². The van der Waals surface area contributed by atoms with Crippen LogP contribution in [-0.4, -0.2) is 25.1 Å². The quantitative estimate of drug-likeness (QED) is 0.843. The Morgan fingerprint density at radius 3 is 2.58 bits per heavy atom. The molecule has 2 aromatic rings. The Bertz CT molecular complexity index is 853. The van der Waals surface area contributed by atoms with Gasteiger partial charge in [-0.05, 0) is 43.5 Å². The summed E-state index contributed by atoms with van der Waals surface area (Å²) in [7, 11) is -3.38. The fourth-order valence-corrected chi connectivity index (χ4v) is 3.36. The first-order valence-corrected chi connectivity index (χ1v) is 9.79. The highest BCUT2D eigenvalue weighted by Gasteiger charge is 2.27. The number of aromatic nitrogens is 1. The number of para-hydroxylation sites is 1. The maximum absolute atomic E-state index is 12.6. The average Bonchev–Trinajstić information content (AvgIpc) is 3.22. The van der Waals surface area contributed by atoms with Crippen LogP contribution in [0.5, 0.6) is 0 Å². The molecule has 24 heavy (non-hydrogen) atoms. The van der Waals surface area contributed by atoms with Crippen molar-refractivity contribution in [3.05, 3.63) is 53.9 Å². The topological polar surface area (TPSA) is 80.2 Å². The van der Waals surface area contributed by atoms with E-state index >= 15 is 0 Å². The number of sulfonamides is 1. The zero-order chi connectivity index (χ0) is 17.3. The standard InChI is InChI=1S/C17H21N3O3S/c1-12(14-6-3-4-7-15(14)19-24(2,22)23)18-17(21)16-8-5-11-20(16)13-9-10-13/h3-8,11-13,19H,9-10H2,1-2H3,(H,18,21). The minimum Gasteiger partial charge on any atom is -0.344 e. The van der Waals surface area contributed by atoms with Crippen LogP contribution in [0.4, 0.5) is 5.69 Å². The van der Waals surface area contributed by atoms with Crippen LogP contribution >= 0.6 is 0 Å². The summed E-state index contributed by atoms with van der Waals surface area (Å²) in [6.45, 7) is 1.84. The summed E-state index contributed by atoms with van der Waals surface area (Å²) in [6, 6.07) is 10.8. The molecule has 1 aromatic carbocycles. The number of benzene rings is 1. The Balaban J connectivity index is 1.78. The van der Waals surface area contributed by atoms with Crippen LogP contribution < -0.4 is 10.0 Å². The first-order chi connectivity index (χ1) is 11.3. The van der Waals surface area contributed by atoms with E-state index in [0.717, 1.165) is 24.7 Å². The molecule has 1 aliphatic rings. The van der Waals surface area contributed by atoms with E-state index in [4.69, 9.17) is 0 Å². The fourth-order valence-electron chi connectivity index (χ4n) is 2.77. The number of nitrogens with zero attached hydrogens (tertiary/aromatic N) is 1. The van der Waals surface area contributed by atoms with Gasteiger partial charge in [0.15, 0.2) is 0 Å². The fraction of sp³-hybridized carbons (Fsp3) is 0.353. The molecule has 1 unspecified atom stereocenters. The largest absolute Gasteiger partial charge is 0.344 e. The third-order valence-electron chi connectivity index (χ3n) is 4.02.